The molecule has 0 radical (unpaired) electrons. The maximum atomic E-state index is 12.9. The van der Waals surface area contributed by atoms with Gasteiger partial charge in [-0.25, -0.2) is 9.38 Å². The van der Waals surface area contributed by atoms with Crippen LogP contribution in [0.5, 0.6) is 11.5 Å². The molecule has 2 aromatic heterocycles. The van der Waals surface area contributed by atoms with Crippen LogP contribution in [0.1, 0.15) is 12.0 Å². The first-order valence-corrected chi connectivity index (χ1v) is 11.4. The molecule has 0 spiro atoms. The van der Waals surface area contributed by atoms with Gasteiger partial charge in [0.25, 0.3) is 5.56 Å². The molecule has 0 fully saturated rings. The third-order valence-electron chi connectivity index (χ3n) is 4.97. The minimum atomic E-state index is -0.0439. The minimum absolute atomic E-state index is 0.0439. The van der Waals surface area contributed by atoms with Gasteiger partial charge in [0.2, 0.25) is 0 Å². The van der Waals surface area contributed by atoms with Crippen LogP contribution in [0.4, 0.5) is 0 Å². The summed E-state index contributed by atoms with van der Waals surface area (Å²) in [5, 5.41) is 0.605. The maximum absolute atomic E-state index is 12.9. The predicted octanol–water partition coefficient (Wildman–Crippen LogP) is 4.96. The van der Waals surface area contributed by atoms with Crippen LogP contribution in [0.25, 0.3) is 22.1 Å². The van der Waals surface area contributed by atoms with Gasteiger partial charge < -0.3 is 9.47 Å². The van der Waals surface area contributed by atoms with E-state index in [9.17, 15) is 4.79 Å². The number of imidazole rings is 1. The Morgan fingerprint density at radius 3 is 2.53 bits per heavy atom. The van der Waals surface area contributed by atoms with Gasteiger partial charge in [-0.3, -0.25) is 4.79 Å². The van der Waals surface area contributed by atoms with Crippen LogP contribution in [0.15, 0.2) is 77.6 Å². The summed E-state index contributed by atoms with van der Waals surface area (Å²) in [6.45, 7) is 1.06. The molecule has 0 saturated heterocycles. The zero-order valence-corrected chi connectivity index (χ0v) is 18.6. The third-order valence-corrected chi connectivity index (χ3v) is 6.26. The molecule has 0 aliphatic carbocycles. The van der Waals surface area contributed by atoms with E-state index in [0.717, 1.165) is 28.8 Å². The molecule has 160 valence electrons. The Balaban J connectivity index is 1.22. The molecule has 0 amide bonds. The van der Waals surface area contributed by atoms with Gasteiger partial charge >= 0.3 is 0 Å². The van der Waals surface area contributed by atoms with Crippen LogP contribution in [-0.2, 0) is 0 Å². The molecule has 0 aliphatic rings. The van der Waals surface area contributed by atoms with Crippen molar-refractivity contribution in [1.82, 2.24) is 9.38 Å². The van der Waals surface area contributed by atoms with E-state index in [2.05, 4.69) is 4.98 Å². The number of thiazole rings is 1. The summed E-state index contributed by atoms with van der Waals surface area (Å²) in [6, 6.07) is 22.8. The monoisotopic (exact) mass is 462 g/mol. The largest absolute Gasteiger partial charge is 0.493 e. The number of ether oxygens (including phenoxy) is 2. The summed E-state index contributed by atoms with van der Waals surface area (Å²) in [4.78, 5) is 18.1. The Morgan fingerprint density at radius 2 is 1.69 bits per heavy atom. The fraction of sp³-hybridized carbons (Fsp3) is 0.120. The van der Waals surface area contributed by atoms with Gasteiger partial charge in [0.1, 0.15) is 11.5 Å². The average Bonchev–Trinajstić information content (AvgIpc) is 3.32. The van der Waals surface area contributed by atoms with Crippen molar-refractivity contribution in [2.45, 2.75) is 6.42 Å². The lowest BCUT2D eigenvalue weighted by molar-refractivity contribution is 0.247. The molecule has 0 unspecified atom stereocenters. The van der Waals surface area contributed by atoms with Crippen molar-refractivity contribution in [3.63, 3.8) is 0 Å². The fourth-order valence-corrected chi connectivity index (χ4v) is 4.59. The highest BCUT2D eigenvalue weighted by Gasteiger charge is 2.10. The molecule has 5 rings (SSSR count). The highest BCUT2D eigenvalue weighted by molar-refractivity contribution is 7.15. The first-order valence-electron chi connectivity index (χ1n) is 10.2. The second-order valence-electron chi connectivity index (χ2n) is 7.18. The lowest BCUT2D eigenvalue weighted by Crippen LogP contribution is -2.22. The van der Waals surface area contributed by atoms with Gasteiger partial charge in [-0.2, -0.15) is 0 Å². The maximum Gasteiger partial charge on any atom is 0.274 e. The normalized spacial score (nSPS) is 12.0. The zero-order valence-electron chi connectivity index (χ0n) is 17.0. The van der Waals surface area contributed by atoms with Gasteiger partial charge in [-0.1, -0.05) is 59.3 Å². The molecule has 0 N–H and O–H groups in total. The molecule has 0 atom stereocenters. The van der Waals surface area contributed by atoms with E-state index in [1.54, 1.807) is 10.5 Å². The number of hydrogen-bond acceptors (Lipinski definition) is 5. The van der Waals surface area contributed by atoms with Crippen molar-refractivity contribution in [2.75, 3.05) is 13.2 Å². The van der Waals surface area contributed by atoms with Crippen LogP contribution in [0.2, 0.25) is 5.02 Å². The number of para-hydroxylation sites is 3. The van der Waals surface area contributed by atoms with Crippen molar-refractivity contribution in [2.24, 2.45) is 0 Å². The van der Waals surface area contributed by atoms with E-state index >= 15 is 0 Å². The summed E-state index contributed by atoms with van der Waals surface area (Å²) >= 11 is 7.47. The number of nitrogens with zero attached hydrogens (tertiary/aromatic N) is 2. The van der Waals surface area contributed by atoms with Gasteiger partial charge in [0.05, 0.1) is 33.8 Å². The molecule has 0 bridgehead atoms. The highest BCUT2D eigenvalue weighted by Crippen LogP contribution is 2.23. The Hall–Kier alpha value is -3.35. The number of rotatable bonds is 7. The van der Waals surface area contributed by atoms with Crippen LogP contribution in [-0.4, -0.2) is 22.6 Å². The van der Waals surface area contributed by atoms with Crippen molar-refractivity contribution in [3.8, 4) is 11.5 Å². The lowest BCUT2D eigenvalue weighted by Gasteiger charge is -2.09. The van der Waals surface area contributed by atoms with E-state index in [-0.39, 0.29) is 5.56 Å². The average molecular weight is 463 g/mol. The zero-order chi connectivity index (χ0) is 21.9. The van der Waals surface area contributed by atoms with E-state index in [0.29, 0.717) is 33.5 Å². The van der Waals surface area contributed by atoms with Crippen LogP contribution in [0.3, 0.4) is 0 Å². The SMILES string of the molecule is O=c1c(=Cc2ccc(OCCCOc3ccccc3Cl)cc2)sc2nc3ccccc3n12. The summed E-state index contributed by atoms with van der Waals surface area (Å²) < 4.78 is 13.8. The molecule has 0 saturated carbocycles. The fourth-order valence-electron chi connectivity index (χ4n) is 3.42. The van der Waals surface area contributed by atoms with Crippen molar-refractivity contribution >= 4 is 45.0 Å². The van der Waals surface area contributed by atoms with E-state index in [1.807, 2.05) is 72.8 Å². The smallest absolute Gasteiger partial charge is 0.274 e. The van der Waals surface area contributed by atoms with Gasteiger partial charge in [-0.05, 0) is 48.0 Å². The van der Waals surface area contributed by atoms with Crippen LogP contribution in [0, 0.1) is 0 Å². The third kappa shape index (κ3) is 4.20. The van der Waals surface area contributed by atoms with Crippen molar-refractivity contribution < 1.29 is 9.47 Å². The Kier molecular flexibility index (Phi) is 5.79. The topological polar surface area (TPSA) is 52.8 Å². The van der Waals surface area contributed by atoms with Gasteiger partial charge in [-0.15, -0.1) is 0 Å². The molecular weight excluding hydrogens is 444 g/mol. The standard InChI is InChI=1S/C25H19ClN2O3S/c26-19-6-1-4-9-22(19)31-15-5-14-30-18-12-10-17(11-13-18)16-23-24(29)28-21-8-3-2-7-20(21)27-25(28)32-23/h1-4,6-13,16H,5,14-15H2. The summed E-state index contributed by atoms with van der Waals surface area (Å²) in [5.41, 5.74) is 2.56. The Morgan fingerprint density at radius 1 is 0.938 bits per heavy atom. The van der Waals surface area contributed by atoms with Crippen LogP contribution < -0.4 is 19.6 Å². The van der Waals surface area contributed by atoms with E-state index in [4.69, 9.17) is 21.1 Å². The Labute approximate surface area is 193 Å². The number of benzene rings is 3. The number of hydrogen-bond donors (Lipinski definition) is 0. The van der Waals surface area contributed by atoms with Crippen molar-refractivity contribution in [1.29, 1.82) is 0 Å². The quantitative estimate of drug-likeness (QED) is 0.321. The highest BCUT2D eigenvalue weighted by atomic mass is 35.5. The van der Waals surface area contributed by atoms with E-state index < -0.39 is 0 Å². The molecule has 32 heavy (non-hydrogen) atoms. The first-order chi connectivity index (χ1) is 15.7. The second-order valence-corrected chi connectivity index (χ2v) is 8.60. The summed E-state index contributed by atoms with van der Waals surface area (Å²) in [6.07, 6.45) is 2.62. The summed E-state index contributed by atoms with van der Waals surface area (Å²) in [7, 11) is 0. The van der Waals surface area contributed by atoms with Crippen molar-refractivity contribution in [3.05, 3.63) is 98.3 Å². The molecule has 2 heterocycles. The molecule has 5 aromatic rings. The molecule has 3 aromatic carbocycles. The van der Waals surface area contributed by atoms with Crippen LogP contribution >= 0.6 is 22.9 Å². The second kappa shape index (κ2) is 9.02. The van der Waals surface area contributed by atoms with Gasteiger partial charge in [0.15, 0.2) is 4.96 Å². The first kappa shape index (κ1) is 20.5. The minimum Gasteiger partial charge on any atom is -0.493 e. The molecule has 5 nitrogen and oxygen atoms in total. The lowest BCUT2D eigenvalue weighted by atomic mass is 10.2. The molecule has 0 aliphatic heterocycles. The summed E-state index contributed by atoms with van der Waals surface area (Å²) in [5.74, 6) is 1.45. The molecule has 7 heteroatoms. The number of aromatic nitrogens is 2. The van der Waals surface area contributed by atoms with E-state index in [1.165, 1.54) is 11.3 Å². The number of fused-ring (bicyclic) bond motifs is 3. The molecular formula is C25H19ClN2O3S. The predicted molar refractivity (Wildman–Crippen MR) is 129 cm³/mol. The Bertz CT molecular complexity index is 1490. The van der Waals surface area contributed by atoms with Gasteiger partial charge in [0, 0.05) is 6.42 Å². The number of halogens is 1.